The number of rotatable bonds is 6. The van der Waals surface area contributed by atoms with Crippen LogP contribution in [0.2, 0.25) is 0 Å². The number of aromatic nitrogens is 2. The van der Waals surface area contributed by atoms with Crippen molar-refractivity contribution in [3.8, 4) is 5.75 Å². The first-order valence-corrected chi connectivity index (χ1v) is 13.5. The van der Waals surface area contributed by atoms with Crippen molar-refractivity contribution in [3.63, 3.8) is 0 Å². The van der Waals surface area contributed by atoms with Crippen LogP contribution in [0.15, 0.2) is 40.1 Å². The van der Waals surface area contributed by atoms with Gasteiger partial charge < -0.3 is 14.4 Å². The highest BCUT2D eigenvalue weighted by Gasteiger charge is 2.51. The highest BCUT2D eigenvalue weighted by atomic mass is 19.1. The van der Waals surface area contributed by atoms with E-state index in [9.17, 15) is 18.8 Å². The molecule has 0 unspecified atom stereocenters. The van der Waals surface area contributed by atoms with E-state index in [2.05, 4.69) is 4.90 Å². The molecule has 7 rings (SSSR count). The first kappa shape index (κ1) is 24.4. The Labute approximate surface area is 214 Å². The lowest BCUT2D eigenvalue weighted by Gasteiger charge is -2.58. The molecule has 4 aliphatic carbocycles. The summed E-state index contributed by atoms with van der Waals surface area (Å²) in [6, 6.07) is 7.46. The van der Waals surface area contributed by atoms with E-state index < -0.39 is 30.0 Å². The summed E-state index contributed by atoms with van der Waals surface area (Å²) in [5.41, 5.74) is -0.176. The van der Waals surface area contributed by atoms with E-state index in [1.807, 2.05) is 12.1 Å². The monoisotopic (exact) mass is 511 g/mol. The van der Waals surface area contributed by atoms with E-state index in [0.717, 1.165) is 48.3 Å². The summed E-state index contributed by atoms with van der Waals surface area (Å²) in [7, 11) is 0. The number of halogens is 1. The van der Waals surface area contributed by atoms with Crippen molar-refractivity contribution in [2.75, 3.05) is 19.6 Å². The molecular weight excluding hydrogens is 477 g/mol. The Bertz CT molecular complexity index is 1230. The molecule has 0 spiro atoms. The van der Waals surface area contributed by atoms with Crippen molar-refractivity contribution in [2.45, 2.75) is 64.0 Å². The average molecular weight is 512 g/mol. The van der Waals surface area contributed by atoms with Crippen molar-refractivity contribution in [3.05, 3.63) is 62.7 Å². The van der Waals surface area contributed by atoms with Gasteiger partial charge in [-0.3, -0.25) is 14.3 Å². The van der Waals surface area contributed by atoms with Gasteiger partial charge in [0.2, 0.25) is 5.82 Å². The molecule has 0 radical (unpaired) electrons. The van der Waals surface area contributed by atoms with Crippen molar-refractivity contribution in [2.24, 2.45) is 23.2 Å². The second-order valence-corrected chi connectivity index (χ2v) is 11.9. The molecule has 8 nitrogen and oxygen atoms in total. The van der Waals surface area contributed by atoms with Gasteiger partial charge in [0.25, 0.3) is 5.56 Å². The SMILES string of the molecule is O=C(OCn1cc(F)c(=O)[nH]c1=O)Oc1ccc(C2CCN(CC34CC5CC(CC(C5)C3)C4)CC2)cc1. The van der Waals surface area contributed by atoms with Crippen LogP contribution in [0.25, 0.3) is 0 Å². The molecule has 1 N–H and O–H groups in total. The Morgan fingerprint density at radius 3 is 2.24 bits per heavy atom. The number of H-pyrrole nitrogens is 1. The zero-order valence-corrected chi connectivity index (χ0v) is 21.0. The molecule has 1 aromatic heterocycles. The van der Waals surface area contributed by atoms with Crippen LogP contribution >= 0.6 is 0 Å². The van der Waals surface area contributed by atoms with Crippen LogP contribution in [0.3, 0.4) is 0 Å². The van der Waals surface area contributed by atoms with Crippen molar-refractivity contribution in [1.29, 1.82) is 0 Å². The molecule has 198 valence electrons. The third-order valence-corrected chi connectivity index (χ3v) is 9.15. The molecule has 9 heteroatoms. The molecule has 2 aromatic rings. The first-order chi connectivity index (χ1) is 17.8. The number of piperidine rings is 1. The minimum Gasteiger partial charge on any atom is -0.412 e. The molecular formula is C28H34FN3O5. The smallest absolute Gasteiger partial charge is 0.412 e. The molecule has 5 aliphatic rings. The fraction of sp³-hybridized carbons (Fsp3) is 0.607. The molecule has 4 bridgehead atoms. The van der Waals surface area contributed by atoms with Gasteiger partial charge in [-0.25, -0.2) is 9.59 Å². The van der Waals surface area contributed by atoms with E-state index in [0.29, 0.717) is 23.3 Å². The Morgan fingerprint density at radius 1 is 1.00 bits per heavy atom. The van der Waals surface area contributed by atoms with E-state index in [1.165, 1.54) is 50.6 Å². The van der Waals surface area contributed by atoms with Gasteiger partial charge >= 0.3 is 11.8 Å². The van der Waals surface area contributed by atoms with E-state index in [4.69, 9.17) is 9.47 Å². The van der Waals surface area contributed by atoms with Crippen LogP contribution in [0.5, 0.6) is 5.75 Å². The summed E-state index contributed by atoms with van der Waals surface area (Å²) < 4.78 is 24.1. The summed E-state index contributed by atoms with van der Waals surface area (Å²) >= 11 is 0. The number of ether oxygens (including phenoxy) is 2. The summed E-state index contributed by atoms with van der Waals surface area (Å²) in [5.74, 6) is 2.67. The van der Waals surface area contributed by atoms with Crippen LogP contribution in [0.4, 0.5) is 9.18 Å². The van der Waals surface area contributed by atoms with Crippen LogP contribution in [0, 0.1) is 29.0 Å². The van der Waals surface area contributed by atoms with E-state index in [1.54, 1.807) is 17.1 Å². The van der Waals surface area contributed by atoms with Gasteiger partial charge in [0.1, 0.15) is 5.75 Å². The molecule has 0 amide bonds. The zero-order chi connectivity index (χ0) is 25.6. The fourth-order valence-electron chi connectivity index (χ4n) is 8.02. The maximum absolute atomic E-state index is 13.3. The third-order valence-electron chi connectivity index (χ3n) is 9.15. The van der Waals surface area contributed by atoms with Gasteiger partial charge in [-0.05, 0) is 111 Å². The number of carbonyl (C=O) groups excluding carboxylic acids is 1. The highest BCUT2D eigenvalue weighted by molar-refractivity contribution is 5.63. The number of hydrogen-bond donors (Lipinski definition) is 1. The lowest BCUT2D eigenvalue weighted by Crippen LogP contribution is -2.52. The number of likely N-dealkylation sites (tertiary alicyclic amines) is 1. The van der Waals surface area contributed by atoms with E-state index in [-0.39, 0.29) is 0 Å². The number of benzene rings is 1. The van der Waals surface area contributed by atoms with Crippen LogP contribution in [0.1, 0.15) is 62.8 Å². The fourth-order valence-corrected chi connectivity index (χ4v) is 8.02. The predicted octanol–water partition coefficient (Wildman–Crippen LogP) is 4.24. The summed E-state index contributed by atoms with van der Waals surface area (Å²) in [6.07, 6.45) is 10.8. The maximum atomic E-state index is 13.3. The topological polar surface area (TPSA) is 93.6 Å². The molecule has 2 heterocycles. The first-order valence-electron chi connectivity index (χ1n) is 13.5. The summed E-state index contributed by atoms with van der Waals surface area (Å²) in [6.45, 7) is 2.99. The Balaban J connectivity index is 0.978. The van der Waals surface area contributed by atoms with Crippen LogP contribution in [-0.4, -0.2) is 40.2 Å². The summed E-state index contributed by atoms with van der Waals surface area (Å²) in [4.78, 5) is 39.2. The molecule has 1 aromatic carbocycles. The highest BCUT2D eigenvalue weighted by Crippen LogP contribution is 2.60. The Morgan fingerprint density at radius 2 is 1.62 bits per heavy atom. The standard InChI is InChI=1S/C28H34FN3O5/c29-24-15-32(26(34)30-25(24)33)17-36-27(35)37-23-3-1-21(2-4-23)22-5-7-31(8-6-22)16-28-12-18-9-19(13-28)11-20(10-18)14-28/h1-4,15,18-20,22H,5-14,16-17H2,(H,30,33,34). The number of carbonyl (C=O) groups is 1. The molecule has 4 saturated carbocycles. The van der Waals surface area contributed by atoms with Gasteiger partial charge in [-0.2, -0.15) is 4.39 Å². The minimum absolute atomic E-state index is 0.327. The van der Waals surface area contributed by atoms with Crippen molar-refractivity contribution < 1.29 is 18.7 Å². The van der Waals surface area contributed by atoms with Crippen LogP contribution in [-0.2, 0) is 11.5 Å². The maximum Gasteiger partial charge on any atom is 0.515 e. The van der Waals surface area contributed by atoms with Gasteiger partial charge in [0.05, 0.1) is 6.20 Å². The van der Waals surface area contributed by atoms with Gasteiger partial charge in [0, 0.05) is 6.54 Å². The third kappa shape index (κ3) is 5.23. The molecule has 0 atom stereocenters. The second kappa shape index (κ2) is 9.74. The zero-order valence-electron chi connectivity index (χ0n) is 21.0. The second-order valence-electron chi connectivity index (χ2n) is 11.9. The molecule has 5 fully saturated rings. The molecule has 37 heavy (non-hydrogen) atoms. The number of aromatic amines is 1. The predicted molar refractivity (Wildman–Crippen MR) is 134 cm³/mol. The normalized spacial score (nSPS) is 29.4. The number of hydrogen-bond acceptors (Lipinski definition) is 6. The van der Waals surface area contributed by atoms with E-state index >= 15 is 0 Å². The lowest BCUT2D eigenvalue weighted by atomic mass is 9.49. The van der Waals surface area contributed by atoms with Crippen molar-refractivity contribution in [1.82, 2.24) is 14.5 Å². The largest absolute Gasteiger partial charge is 0.515 e. The average Bonchev–Trinajstić information content (AvgIpc) is 2.85. The van der Waals surface area contributed by atoms with Crippen LogP contribution < -0.4 is 16.0 Å². The van der Waals surface area contributed by atoms with Crippen molar-refractivity contribution >= 4 is 6.16 Å². The quantitative estimate of drug-likeness (QED) is 0.461. The van der Waals surface area contributed by atoms with Gasteiger partial charge in [-0.15, -0.1) is 0 Å². The summed E-state index contributed by atoms with van der Waals surface area (Å²) in [5, 5.41) is 0. The minimum atomic E-state index is -1.15. The number of nitrogens with one attached hydrogen (secondary N) is 1. The molecule has 1 saturated heterocycles. The Hall–Kier alpha value is -2.94. The number of nitrogens with zero attached hydrogens (tertiary/aromatic N) is 2. The van der Waals surface area contributed by atoms with Gasteiger partial charge in [0.15, 0.2) is 6.73 Å². The lowest BCUT2D eigenvalue weighted by molar-refractivity contribution is -0.0714. The Kier molecular flexibility index (Phi) is 6.42. The van der Waals surface area contributed by atoms with Gasteiger partial charge in [-0.1, -0.05) is 12.1 Å². The molecule has 1 aliphatic heterocycles.